The SMILES string of the molecule is NCc1cncnc1-c1cccc(Cl)c1. The minimum atomic E-state index is 0.419. The first-order valence-corrected chi connectivity index (χ1v) is 4.94. The summed E-state index contributed by atoms with van der Waals surface area (Å²) in [5.74, 6) is 0. The summed E-state index contributed by atoms with van der Waals surface area (Å²) in [6.07, 6.45) is 3.23. The molecule has 0 aliphatic rings. The second-order valence-electron chi connectivity index (χ2n) is 3.11. The monoisotopic (exact) mass is 219 g/mol. The largest absolute Gasteiger partial charge is 0.326 e. The van der Waals surface area contributed by atoms with Crippen molar-refractivity contribution in [3.05, 3.63) is 47.4 Å². The number of benzene rings is 1. The number of hydrogen-bond acceptors (Lipinski definition) is 3. The van der Waals surface area contributed by atoms with Crippen molar-refractivity contribution in [3.8, 4) is 11.3 Å². The van der Waals surface area contributed by atoms with Gasteiger partial charge in [0, 0.05) is 28.9 Å². The Labute approximate surface area is 92.9 Å². The summed E-state index contributed by atoms with van der Waals surface area (Å²) in [5.41, 5.74) is 8.34. The van der Waals surface area contributed by atoms with Gasteiger partial charge in [-0.2, -0.15) is 0 Å². The molecular formula is C11H10ClN3. The highest BCUT2D eigenvalue weighted by Gasteiger charge is 2.05. The smallest absolute Gasteiger partial charge is 0.116 e. The molecular weight excluding hydrogens is 210 g/mol. The lowest BCUT2D eigenvalue weighted by atomic mass is 10.1. The molecule has 0 saturated carbocycles. The maximum absolute atomic E-state index is 5.92. The van der Waals surface area contributed by atoms with Crippen LogP contribution in [-0.2, 0) is 6.54 Å². The van der Waals surface area contributed by atoms with Crippen LogP contribution < -0.4 is 5.73 Å². The van der Waals surface area contributed by atoms with E-state index in [-0.39, 0.29) is 0 Å². The predicted octanol–water partition coefficient (Wildman–Crippen LogP) is 2.26. The summed E-state index contributed by atoms with van der Waals surface area (Å²) >= 11 is 5.92. The zero-order chi connectivity index (χ0) is 10.7. The fourth-order valence-electron chi connectivity index (χ4n) is 1.40. The fourth-order valence-corrected chi connectivity index (χ4v) is 1.59. The summed E-state index contributed by atoms with van der Waals surface area (Å²) in [4.78, 5) is 8.15. The van der Waals surface area contributed by atoms with E-state index < -0.39 is 0 Å². The van der Waals surface area contributed by atoms with Crippen molar-refractivity contribution in [3.63, 3.8) is 0 Å². The minimum absolute atomic E-state index is 0.419. The van der Waals surface area contributed by atoms with Crippen LogP contribution in [0.5, 0.6) is 0 Å². The molecule has 0 aliphatic carbocycles. The maximum atomic E-state index is 5.92. The van der Waals surface area contributed by atoms with Crippen LogP contribution in [0, 0.1) is 0 Å². The van der Waals surface area contributed by atoms with Crippen molar-refractivity contribution in [2.24, 2.45) is 5.73 Å². The standard InChI is InChI=1S/C11H10ClN3/c12-10-3-1-2-8(4-10)11-9(5-13)6-14-7-15-11/h1-4,6-7H,5,13H2. The number of aromatic nitrogens is 2. The molecule has 2 rings (SSSR count). The van der Waals surface area contributed by atoms with Crippen LogP contribution in [0.4, 0.5) is 0 Å². The molecule has 0 bridgehead atoms. The van der Waals surface area contributed by atoms with Crippen molar-refractivity contribution in [1.29, 1.82) is 0 Å². The molecule has 0 radical (unpaired) electrons. The number of nitrogens with zero attached hydrogens (tertiary/aromatic N) is 2. The van der Waals surface area contributed by atoms with Gasteiger partial charge in [0.2, 0.25) is 0 Å². The molecule has 1 aromatic carbocycles. The fraction of sp³-hybridized carbons (Fsp3) is 0.0909. The van der Waals surface area contributed by atoms with Crippen LogP contribution in [0.25, 0.3) is 11.3 Å². The van der Waals surface area contributed by atoms with Gasteiger partial charge in [-0.05, 0) is 12.1 Å². The van der Waals surface area contributed by atoms with E-state index in [4.69, 9.17) is 17.3 Å². The minimum Gasteiger partial charge on any atom is -0.326 e. The Bertz CT molecular complexity index is 471. The molecule has 0 amide bonds. The molecule has 15 heavy (non-hydrogen) atoms. The van der Waals surface area contributed by atoms with E-state index in [2.05, 4.69) is 9.97 Å². The van der Waals surface area contributed by atoms with Gasteiger partial charge in [0.1, 0.15) is 6.33 Å². The third-order valence-corrected chi connectivity index (χ3v) is 2.34. The second kappa shape index (κ2) is 4.38. The van der Waals surface area contributed by atoms with Crippen LogP contribution in [0.1, 0.15) is 5.56 Å². The Hall–Kier alpha value is -1.45. The zero-order valence-corrected chi connectivity index (χ0v) is 8.78. The van der Waals surface area contributed by atoms with Crippen LogP contribution >= 0.6 is 11.6 Å². The molecule has 0 spiro atoms. The number of hydrogen-bond donors (Lipinski definition) is 1. The van der Waals surface area contributed by atoms with E-state index in [1.54, 1.807) is 6.20 Å². The Balaban J connectivity index is 2.53. The number of nitrogens with two attached hydrogens (primary N) is 1. The van der Waals surface area contributed by atoms with Gasteiger partial charge in [0.05, 0.1) is 5.69 Å². The second-order valence-corrected chi connectivity index (χ2v) is 3.55. The van der Waals surface area contributed by atoms with E-state index in [1.807, 2.05) is 24.3 Å². The molecule has 0 atom stereocenters. The normalized spacial score (nSPS) is 10.3. The Morgan fingerprint density at radius 3 is 2.93 bits per heavy atom. The Morgan fingerprint density at radius 2 is 2.20 bits per heavy atom. The first-order valence-electron chi connectivity index (χ1n) is 4.56. The molecule has 1 heterocycles. The summed E-state index contributed by atoms with van der Waals surface area (Å²) in [7, 11) is 0. The molecule has 2 N–H and O–H groups in total. The summed E-state index contributed by atoms with van der Waals surface area (Å²) in [5, 5.41) is 0.689. The highest BCUT2D eigenvalue weighted by molar-refractivity contribution is 6.30. The first kappa shape index (κ1) is 10.1. The molecule has 1 aromatic heterocycles. The van der Waals surface area contributed by atoms with Gasteiger partial charge >= 0.3 is 0 Å². The topological polar surface area (TPSA) is 51.8 Å². The van der Waals surface area contributed by atoms with E-state index in [0.717, 1.165) is 16.8 Å². The Morgan fingerprint density at radius 1 is 1.33 bits per heavy atom. The van der Waals surface area contributed by atoms with E-state index in [0.29, 0.717) is 11.6 Å². The molecule has 2 aromatic rings. The maximum Gasteiger partial charge on any atom is 0.116 e. The van der Waals surface area contributed by atoms with Crippen LogP contribution in [-0.4, -0.2) is 9.97 Å². The summed E-state index contributed by atoms with van der Waals surface area (Å²) in [6.45, 7) is 0.419. The average Bonchev–Trinajstić information content (AvgIpc) is 2.29. The first-order chi connectivity index (χ1) is 7.31. The van der Waals surface area contributed by atoms with Gasteiger partial charge < -0.3 is 5.73 Å². The average molecular weight is 220 g/mol. The molecule has 0 saturated heterocycles. The lowest BCUT2D eigenvalue weighted by Gasteiger charge is -2.05. The van der Waals surface area contributed by atoms with Gasteiger partial charge in [-0.1, -0.05) is 23.7 Å². The van der Waals surface area contributed by atoms with Gasteiger partial charge in [-0.3, -0.25) is 0 Å². The number of rotatable bonds is 2. The molecule has 4 heteroatoms. The van der Waals surface area contributed by atoms with Gasteiger partial charge in [0.15, 0.2) is 0 Å². The van der Waals surface area contributed by atoms with Gasteiger partial charge in [0.25, 0.3) is 0 Å². The molecule has 0 aliphatic heterocycles. The number of halogens is 1. The summed E-state index contributed by atoms with van der Waals surface area (Å²) < 4.78 is 0. The lowest BCUT2D eigenvalue weighted by molar-refractivity contribution is 1.01. The van der Waals surface area contributed by atoms with Crippen molar-refractivity contribution in [2.75, 3.05) is 0 Å². The third-order valence-electron chi connectivity index (χ3n) is 2.11. The van der Waals surface area contributed by atoms with Crippen molar-refractivity contribution < 1.29 is 0 Å². The van der Waals surface area contributed by atoms with E-state index in [9.17, 15) is 0 Å². The van der Waals surface area contributed by atoms with Crippen LogP contribution in [0.2, 0.25) is 5.02 Å². The quantitative estimate of drug-likeness (QED) is 0.843. The van der Waals surface area contributed by atoms with Crippen molar-refractivity contribution >= 4 is 11.6 Å². The lowest BCUT2D eigenvalue weighted by Crippen LogP contribution is -2.01. The highest BCUT2D eigenvalue weighted by Crippen LogP contribution is 2.22. The molecule has 0 fully saturated rings. The van der Waals surface area contributed by atoms with Crippen molar-refractivity contribution in [2.45, 2.75) is 6.54 Å². The van der Waals surface area contributed by atoms with E-state index >= 15 is 0 Å². The third kappa shape index (κ3) is 2.14. The predicted molar refractivity (Wildman–Crippen MR) is 60.4 cm³/mol. The molecule has 0 unspecified atom stereocenters. The van der Waals surface area contributed by atoms with Gasteiger partial charge in [-0.15, -0.1) is 0 Å². The van der Waals surface area contributed by atoms with Crippen LogP contribution in [0.15, 0.2) is 36.8 Å². The molecule has 3 nitrogen and oxygen atoms in total. The van der Waals surface area contributed by atoms with Crippen LogP contribution in [0.3, 0.4) is 0 Å². The highest BCUT2D eigenvalue weighted by atomic mass is 35.5. The Kier molecular flexibility index (Phi) is 2.94. The van der Waals surface area contributed by atoms with Crippen molar-refractivity contribution in [1.82, 2.24) is 9.97 Å². The zero-order valence-electron chi connectivity index (χ0n) is 8.02. The van der Waals surface area contributed by atoms with Gasteiger partial charge in [-0.25, -0.2) is 9.97 Å². The molecule has 76 valence electrons. The summed E-state index contributed by atoms with van der Waals surface area (Å²) in [6, 6.07) is 7.53. The van der Waals surface area contributed by atoms with E-state index in [1.165, 1.54) is 6.33 Å².